The summed E-state index contributed by atoms with van der Waals surface area (Å²) in [7, 11) is 0. The molecular weight excluding hydrogens is 194 g/mol. The van der Waals surface area contributed by atoms with Crippen molar-refractivity contribution < 1.29 is 14.2 Å². The molecule has 0 spiro atoms. The molecule has 1 saturated heterocycles. The fourth-order valence-corrected chi connectivity index (χ4v) is 1.29. The molecule has 1 aliphatic heterocycles. The van der Waals surface area contributed by atoms with E-state index in [1.165, 1.54) is 0 Å². The van der Waals surface area contributed by atoms with Gasteiger partial charge in [-0.05, 0) is 24.3 Å². The Morgan fingerprint density at radius 3 is 2.53 bits per heavy atom. The van der Waals surface area contributed by atoms with Crippen LogP contribution in [0, 0.1) is 11.3 Å². The van der Waals surface area contributed by atoms with Crippen molar-refractivity contribution in [3.8, 4) is 11.8 Å². The first-order valence-electron chi connectivity index (χ1n) is 4.74. The van der Waals surface area contributed by atoms with Crippen LogP contribution in [0.3, 0.4) is 0 Å². The van der Waals surface area contributed by atoms with Gasteiger partial charge >= 0.3 is 0 Å². The van der Waals surface area contributed by atoms with Crippen LogP contribution in [0.1, 0.15) is 5.56 Å². The fourth-order valence-electron chi connectivity index (χ4n) is 1.29. The van der Waals surface area contributed by atoms with Gasteiger partial charge in [0.15, 0.2) is 6.29 Å². The molecule has 0 bridgehead atoms. The minimum atomic E-state index is -0.263. The standard InChI is InChI=1S/C11H11NO3/c12-7-9-1-3-10(4-2-9)15-8-11-13-5-6-14-11/h1-4,11H,5-6,8H2. The molecule has 4 nitrogen and oxygen atoms in total. The van der Waals surface area contributed by atoms with Gasteiger partial charge in [-0.1, -0.05) is 0 Å². The van der Waals surface area contributed by atoms with Crippen LogP contribution in [0.5, 0.6) is 5.75 Å². The van der Waals surface area contributed by atoms with Crippen LogP contribution >= 0.6 is 0 Å². The van der Waals surface area contributed by atoms with Gasteiger partial charge in [0, 0.05) is 0 Å². The number of nitrogens with zero attached hydrogens (tertiary/aromatic N) is 1. The van der Waals surface area contributed by atoms with Gasteiger partial charge in [-0.3, -0.25) is 0 Å². The van der Waals surface area contributed by atoms with Crippen molar-refractivity contribution in [3.05, 3.63) is 29.8 Å². The van der Waals surface area contributed by atoms with Crippen molar-refractivity contribution in [2.45, 2.75) is 6.29 Å². The summed E-state index contributed by atoms with van der Waals surface area (Å²) in [4.78, 5) is 0. The third-order valence-electron chi connectivity index (χ3n) is 2.06. The van der Waals surface area contributed by atoms with Crippen LogP contribution in [0.15, 0.2) is 24.3 Å². The second-order valence-electron chi connectivity index (χ2n) is 3.12. The van der Waals surface area contributed by atoms with Crippen molar-refractivity contribution in [2.75, 3.05) is 19.8 Å². The minimum absolute atomic E-state index is 0.263. The number of ether oxygens (including phenoxy) is 3. The Labute approximate surface area is 88.0 Å². The highest BCUT2D eigenvalue weighted by Gasteiger charge is 2.16. The van der Waals surface area contributed by atoms with Crippen LogP contribution in [-0.2, 0) is 9.47 Å². The summed E-state index contributed by atoms with van der Waals surface area (Å²) in [6.07, 6.45) is -0.263. The van der Waals surface area contributed by atoms with E-state index in [9.17, 15) is 0 Å². The maximum Gasteiger partial charge on any atom is 0.191 e. The molecule has 2 rings (SSSR count). The van der Waals surface area contributed by atoms with Crippen LogP contribution in [0.25, 0.3) is 0 Å². The molecule has 1 fully saturated rings. The zero-order valence-electron chi connectivity index (χ0n) is 8.18. The quantitative estimate of drug-likeness (QED) is 0.746. The zero-order valence-corrected chi connectivity index (χ0v) is 8.18. The molecule has 0 saturated carbocycles. The summed E-state index contributed by atoms with van der Waals surface area (Å²) >= 11 is 0. The summed E-state index contributed by atoms with van der Waals surface area (Å²) in [5.74, 6) is 0.716. The Morgan fingerprint density at radius 2 is 1.93 bits per heavy atom. The molecule has 1 aromatic carbocycles. The van der Waals surface area contributed by atoms with E-state index in [0.717, 1.165) is 0 Å². The Kier molecular flexibility index (Phi) is 3.18. The predicted octanol–water partition coefficient (Wildman–Crippen LogP) is 1.31. The zero-order chi connectivity index (χ0) is 10.5. The van der Waals surface area contributed by atoms with Crippen LogP contribution < -0.4 is 4.74 Å². The third-order valence-corrected chi connectivity index (χ3v) is 2.06. The molecule has 0 amide bonds. The summed E-state index contributed by atoms with van der Waals surface area (Å²) in [6.45, 7) is 1.63. The van der Waals surface area contributed by atoms with E-state index in [1.807, 2.05) is 6.07 Å². The highest BCUT2D eigenvalue weighted by Crippen LogP contribution is 2.13. The molecule has 0 aliphatic carbocycles. The lowest BCUT2D eigenvalue weighted by Gasteiger charge is -2.10. The van der Waals surface area contributed by atoms with Crippen LogP contribution in [0.4, 0.5) is 0 Å². The van der Waals surface area contributed by atoms with E-state index in [4.69, 9.17) is 19.5 Å². The summed E-state index contributed by atoms with van der Waals surface area (Å²) in [5.41, 5.74) is 0.621. The van der Waals surface area contributed by atoms with Gasteiger partial charge in [-0.15, -0.1) is 0 Å². The highest BCUT2D eigenvalue weighted by atomic mass is 16.7. The predicted molar refractivity (Wildman–Crippen MR) is 52.3 cm³/mol. The van der Waals surface area contributed by atoms with Crippen molar-refractivity contribution >= 4 is 0 Å². The molecule has 0 atom stereocenters. The van der Waals surface area contributed by atoms with E-state index in [2.05, 4.69) is 0 Å². The second-order valence-corrected chi connectivity index (χ2v) is 3.12. The minimum Gasteiger partial charge on any atom is -0.488 e. The lowest BCUT2D eigenvalue weighted by atomic mass is 10.2. The largest absolute Gasteiger partial charge is 0.488 e. The second kappa shape index (κ2) is 4.78. The summed E-state index contributed by atoms with van der Waals surface area (Å²) in [6, 6.07) is 8.99. The Bertz CT molecular complexity index is 349. The van der Waals surface area contributed by atoms with Gasteiger partial charge in [-0.25, -0.2) is 0 Å². The lowest BCUT2D eigenvalue weighted by molar-refractivity contribution is -0.0684. The molecule has 78 valence electrons. The van der Waals surface area contributed by atoms with Gasteiger partial charge in [0.1, 0.15) is 12.4 Å². The van der Waals surface area contributed by atoms with Crippen LogP contribution in [-0.4, -0.2) is 26.1 Å². The molecule has 15 heavy (non-hydrogen) atoms. The molecule has 0 aromatic heterocycles. The lowest BCUT2D eigenvalue weighted by Crippen LogP contribution is -2.18. The first-order valence-corrected chi connectivity index (χ1v) is 4.74. The van der Waals surface area contributed by atoms with E-state index in [1.54, 1.807) is 24.3 Å². The normalized spacial score (nSPS) is 16.2. The van der Waals surface area contributed by atoms with Crippen molar-refractivity contribution in [2.24, 2.45) is 0 Å². The first-order chi connectivity index (χ1) is 7.38. The Balaban J connectivity index is 1.85. The molecule has 0 unspecified atom stereocenters. The van der Waals surface area contributed by atoms with Gasteiger partial charge in [-0.2, -0.15) is 5.26 Å². The van der Waals surface area contributed by atoms with Crippen molar-refractivity contribution in [1.29, 1.82) is 5.26 Å². The van der Waals surface area contributed by atoms with E-state index in [0.29, 0.717) is 31.1 Å². The molecule has 0 N–H and O–H groups in total. The number of nitriles is 1. The van der Waals surface area contributed by atoms with Crippen molar-refractivity contribution in [1.82, 2.24) is 0 Å². The molecule has 1 aliphatic rings. The molecule has 1 heterocycles. The van der Waals surface area contributed by atoms with Gasteiger partial charge in [0.2, 0.25) is 0 Å². The summed E-state index contributed by atoms with van der Waals surface area (Å²) in [5, 5.41) is 8.60. The van der Waals surface area contributed by atoms with E-state index < -0.39 is 0 Å². The fraction of sp³-hybridized carbons (Fsp3) is 0.364. The van der Waals surface area contributed by atoms with Gasteiger partial charge in [0.05, 0.1) is 24.8 Å². The monoisotopic (exact) mass is 205 g/mol. The number of benzene rings is 1. The first kappa shape index (κ1) is 9.97. The maximum absolute atomic E-state index is 8.60. The van der Waals surface area contributed by atoms with Gasteiger partial charge in [0.25, 0.3) is 0 Å². The molecule has 0 radical (unpaired) electrons. The SMILES string of the molecule is N#Cc1ccc(OCC2OCCO2)cc1. The topological polar surface area (TPSA) is 51.5 Å². The van der Waals surface area contributed by atoms with Crippen molar-refractivity contribution in [3.63, 3.8) is 0 Å². The summed E-state index contributed by atoms with van der Waals surface area (Å²) < 4.78 is 15.9. The number of hydrogen-bond acceptors (Lipinski definition) is 4. The van der Waals surface area contributed by atoms with E-state index >= 15 is 0 Å². The average Bonchev–Trinajstić information content (AvgIpc) is 2.80. The molecule has 1 aromatic rings. The molecular formula is C11H11NO3. The molecule has 4 heteroatoms. The number of rotatable bonds is 3. The smallest absolute Gasteiger partial charge is 0.191 e. The van der Waals surface area contributed by atoms with E-state index in [-0.39, 0.29) is 6.29 Å². The average molecular weight is 205 g/mol. The van der Waals surface area contributed by atoms with Crippen LogP contribution in [0.2, 0.25) is 0 Å². The number of hydrogen-bond donors (Lipinski definition) is 0. The Morgan fingerprint density at radius 1 is 1.27 bits per heavy atom. The maximum atomic E-state index is 8.60. The highest BCUT2D eigenvalue weighted by molar-refractivity contribution is 5.34. The Hall–Kier alpha value is -1.57. The third kappa shape index (κ3) is 2.69. The van der Waals surface area contributed by atoms with Gasteiger partial charge < -0.3 is 14.2 Å².